The lowest BCUT2D eigenvalue weighted by atomic mass is 10.1. The van der Waals surface area contributed by atoms with Gasteiger partial charge in [-0.15, -0.1) is 0 Å². The Bertz CT molecular complexity index is 563. The van der Waals surface area contributed by atoms with Gasteiger partial charge in [-0.25, -0.2) is 4.79 Å². The minimum absolute atomic E-state index is 0.238. The van der Waals surface area contributed by atoms with Crippen LogP contribution < -0.4 is 5.32 Å². The molecule has 0 saturated carbocycles. The monoisotopic (exact) mass is 359 g/mol. The molecule has 24 heavy (non-hydrogen) atoms. The van der Waals surface area contributed by atoms with Crippen molar-refractivity contribution < 1.29 is 13.9 Å². The maximum Gasteiger partial charge on any atom is 0.411 e. The Morgan fingerprint density at radius 1 is 1.25 bits per heavy atom. The van der Waals surface area contributed by atoms with Crippen molar-refractivity contribution >= 4 is 17.7 Å². The molecular weight excluding hydrogens is 333 g/mol. The van der Waals surface area contributed by atoms with Crippen LogP contribution in [0.4, 0.5) is 9.18 Å². The number of alkyl carbamates (subject to hydrolysis) is 1. The van der Waals surface area contributed by atoms with Crippen molar-refractivity contribution in [1.82, 2.24) is 15.1 Å². The smallest absolute Gasteiger partial charge is 0.411 e. The molecular formula is C17H27ClFN3O2. The number of amides is 1. The van der Waals surface area contributed by atoms with Crippen molar-refractivity contribution in [2.45, 2.75) is 32.3 Å². The van der Waals surface area contributed by atoms with E-state index in [0.29, 0.717) is 18.1 Å². The summed E-state index contributed by atoms with van der Waals surface area (Å²) in [6, 6.07) is 6.36. The molecule has 1 N–H and O–H groups in total. The van der Waals surface area contributed by atoms with E-state index in [0.717, 1.165) is 0 Å². The van der Waals surface area contributed by atoms with E-state index in [9.17, 15) is 4.79 Å². The third kappa shape index (κ3) is 6.26. The van der Waals surface area contributed by atoms with Crippen LogP contribution in [0.5, 0.6) is 0 Å². The molecule has 0 spiro atoms. The fraction of sp³-hybridized carbons (Fsp3) is 0.588. The Morgan fingerprint density at radius 3 is 2.38 bits per heavy atom. The topological polar surface area (TPSA) is 44.8 Å². The van der Waals surface area contributed by atoms with Crippen LogP contribution in [0.2, 0.25) is 5.02 Å². The second kappa shape index (κ2) is 8.14. The zero-order valence-corrected chi connectivity index (χ0v) is 15.9. The Balaban J connectivity index is 3.08. The number of alkyl halides is 1. The number of carbonyl (C=O) groups is 1. The first-order valence-electron chi connectivity index (χ1n) is 7.76. The number of carbonyl (C=O) groups excluding carboxylic acids is 1. The third-order valence-electron chi connectivity index (χ3n) is 3.28. The largest absolute Gasteiger partial charge is 0.444 e. The quantitative estimate of drug-likeness (QED) is 0.624. The van der Waals surface area contributed by atoms with Gasteiger partial charge in [0, 0.05) is 23.7 Å². The van der Waals surface area contributed by atoms with Crippen LogP contribution in [0.3, 0.4) is 0 Å². The number of nitrogens with zero attached hydrogens (tertiary/aromatic N) is 2. The highest BCUT2D eigenvalue weighted by molar-refractivity contribution is 6.30. The van der Waals surface area contributed by atoms with Gasteiger partial charge in [-0.1, -0.05) is 23.7 Å². The van der Waals surface area contributed by atoms with Gasteiger partial charge in [0.25, 0.3) is 5.92 Å². The summed E-state index contributed by atoms with van der Waals surface area (Å²) in [7, 11) is 5.39. The van der Waals surface area contributed by atoms with Crippen LogP contribution >= 0.6 is 11.6 Å². The van der Waals surface area contributed by atoms with Crippen molar-refractivity contribution in [3.63, 3.8) is 0 Å². The average Bonchev–Trinajstić information content (AvgIpc) is 2.42. The van der Waals surface area contributed by atoms with E-state index in [2.05, 4.69) is 5.32 Å². The standard InChI is InChI=1S/C17H27ClFN3O2/c1-16(2,3)24-15(23)20-17(19,22(6)11-10-21(4)5)13-8-7-9-14(18)12-13/h7-9,12H,10-11H2,1-6H3,(H,20,23). The summed E-state index contributed by atoms with van der Waals surface area (Å²) in [5.74, 6) is -2.23. The zero-order chi connectivity index (χ0) is 18.5. The van der Waals surface area contributed by atoms with Crippen LogP contribution in [0.1, 0.15) is 26.3 Å². The highest BCUT2D eigenvalue weighted by atomic mass is 35.5. The molecule has 1 rings (SSSR count). The Labute approximate surface area is 148 Å². The maximum absolute atomic E-state index is 15.8. The average molecular weight is 360 g/mol. The lowest BCUT2D eigenvalue weighted by Gasteiger charge is -2.36. The maximum atomic E-state index is 15.8. The number of rotatable bonds is 6. The third-order valence-corrected chi connectivity index (χ3v) is 3.52. The molecule has 136 valence electrons. The molecule has 0 heterocycles. The molecule has 0 aliphatic carbocycles. The van der Waals surface area contributed by atoms with Gasteiger partial charge < -0.3 is 9.64 Å². The Hall–Kier alpha value is -1.37. The first-order chi connectivity index (χ1) is 10.9. The summed E-state index contributed by atoms with van der Waals surface area (Å²) < 4.78 is 21.0. The molecule has 0 aromatic heterocycles. The summed E-state index contributed by atoms with van der Waals surface area (Å²) in [6.07, 6.45) is -0.832. The summed E-state index contributed by atoms with van der Waals surface area (Å²) in [4.78, 5) is 15.5. The van der Waals surface area contributed by atoms with E-state index in [1.807, 2.05) is 19.0 Å². The van der Waals surface area contributed by atoms with E-state index in [-0.39, 0.29) is 5.56 Å². The van der Waals surface area contributed by atoms with Gasteiger partial charge in [-0.3, -0.25) is 10.2 Å². The molecule has 0 fully saturated rings. The number of hydrogen-bond donors (Lipinski definition) is 1. The normalized spacial score (nSPS) is 14.6. The van der Waals surface area contributed by atoms with Crippen molar-refractivity contribution in [1.29, 1.82) is 0 Å². The number of halogens is 2. The molecule has 0 saturated heterocycles. The van der Waals surface area contributed by atoms with E-state index in [4.69, 9.17) is 16.3 Å². The Kier molecular flexibility index (Phi) is 7.01. The van der Waals surface area contributed by atoms with Gasteiger partial charge in [0.05, 0.1) is 0 Å². The van der Waals surface area contributed by atoms with Gasteiger partial charge in [0.2, 0.25) is 0 Å². The number of benzene rings is 1. The van der Waals surface area contributed by atoms with Crippen LogP contribution in [0.25, 0.3) is 0 Å². The molecule has 5 nitrogen and oxygen atoms in total. The predicted octanol–water partition coefficient (Wildman–Crippen LogP) is 3.44. The van der Waals surface area contributed by atoms with Crippen molar-refractivity contribution in [2.24, 2.45) is 0 Å². The lowest BCUT2D eigenvalue weighted by molar-refractivity contribution is -0.0609. The van der Waals surface area contributed by atoms with Gasteiger partial charge >= 0.3 is 6.09 Å². The van der Waals surface area contributed by atoms with Crippen LogP contribution in [-0.4, -0.2) is 55.7 Å². The predicted molar refractivity (Wildman–Crippen MR) is 94.8 cm³/mol. The molecule has 1 amide bonds. The fourth-order valence-corrected chi connectivity index (χ4v) is 2.22. The van der Waals surface area contributed by atoms with Gasteiger partial charge in [-0.05, 0) is 54.0 Å². The van der Waals surface area contributed by atoms with Crippen molar-refractivity contribution in [2.75, 3.05) is 34.2 Å². The zero-order valence-electron chi connectivity index (χ0n) is 15.2. The van der Waals surface area contributed by atoms with Crippen LogP contribution in [0, 0.1) is 0 Å². The Morgan fingerprint density at radius 2 is 1.88 bits per heavy atom. The highest BCUT2D eigenvalue weighted by Crippen LogP contribution is 2.29. The van der Waals surface area contributed by atoms with E-state index in [1.165, 1.54) is 11.0 Å². The highest BCUT2D eigenvalue weighted by Gasteiger charge is 2.39. The van der Waals surface area contributed by atoms with Crippen molar-refractivity contribution in [3.8, 4) is 0 Å². The summed E-state index contributed by atoms with van der Waals surface area (Å²) in [5, 5.41) is 2.73. The van der Waals surface area contributed by atoms with Crippen molar-refractivity contribution in [3.05, 3.63) is 34.9 Å². The van der Waals surface area contributed by atoms with Crippen LogP contribution in [-0.2, 0) is 10.7 Å². The minimum Gasteiger partial charge on any atom is -0.444 e. The molecule has 1 atom stereocenters. The summed E-state index contributed by atoms with van der Waals surface area (Å²) in [5.41, 5.74) is -0.483. The number of likely N-dealkylation sites (N-methyl/N-ethyl adjacent to an activating group) is 2. The number of nitrogens with one attached hydrogen (secondary N) is 1. The molecule has 0 aliphatic heterocycles. The number of hydrogen-bond acceptors (Lipinski definition) is 4. The van der Waals surface area contributed by atoms with E-state index in [1.54, 1.807) is 46.0 Å². The summed E-state index contributed by atoms with van der Waals surface area (Å²) in [6.45, 7) is 6.19. The minimum atomic E-state index is -2.23. The van der Waals surface area contributed by atoms with Gasteiger partial charge in [-0.2, -0.15) is 4.39 Å². The van der Waals surface area contributed by atoms with E-state index >= 15 is 4.39 Å². The lowest BCUT2D eigenvalue weighted by Crippen LogP contribution is -2.55. The molecule has 0 aliphatic rings. The molecule has 1 unspecified atom stereocenters. The molecule has 1 aromatic rings. The molecule has 0 bridgehead atoms. The van der Waals surface area contributed by atoms with Crippen LogP contribution in [0.15, 0.2) is 24.3 Å². The first-order valence-corrected chi connectivity index (χ1v) is 8.14. The van der Waals surface area contributed by atoms with E-state index < -0.39 is 17.6 Å². The second-order valence-corrected chi connectivity index (χ2v) is 7.42. The van der Waals surface area contributed by atoms with Gasteiger partial charge in [0.1, 0.15) is 5.60 Å². The molecule has 1 aromatic carbocycles. The van der Waals surface area contributed by atoms with Gasteiger partial charge in [0.15, 0.2) is 0 Å². The number of ether oxygens (including phenoxy) is 1. The second-order valence-electron chi connectivity index (χ2n) is 6.98. The molecule has 7 heteroatoms. The SMILES string of the molecule is CN(C)CCN(C)C(F)(NC(=O)OC(C)(C)C)c1cccc(Cl)c1. The molecule has 0 radical (unpaired) electrons. The fourth-order valence-electron chi connectivity index (χ4n) is 2.03. The first kappa shape index (κ1) is 20.7. The summed E-state index contributed by atoms with van der Waals surface area (Å²) >= 11 is 5.99.